The second-order valence-electron chi connectivity index (χ2n) is 5.83. The maximum Gasteiger partial charge on any atom is 0.152 e. The number of para-hydroxylation sites is 2. The lowest BCUT2D eigenvalue weighted by Crippen LogP contribution is -2.58. The van der Waals surface area contributed by atoms with Gasteiger partial charge in [0.15, 0.2) is 9.84 Å². The van der Waals surface area contributed by atoms with Crippen LogP contribution in [0.1, 0.15) is 6.42 Å². The first kappa shape index (κ1) is 13.7. The Morgan fingerprint density at radius 1 is 1.25 bits per heavy atom. The Balaban J connectivity index is 2.05. The van der Waals surface area contributed by atoms with Gasteiger partial charge in [0.25, 0.3) is 0 Å². The van der Waals surface area contributed by atoms with Crippen molar-refractivity contribution in [1.82, 2.24) is 0 Å². The van der Waals surface area contributed by atoms with Gasteiger partial charge in [-0.25, -0.2) is 8.42 Å². The van der Waals surface area contributed by atoms with Crippen LogP contribution in [0, 0.1) is 0 Å². The highest BCUT2D eigenvalue weighted by molar-refractivity contribution is 7.91. The quantitative estimate of drug-likeness (QED) is 0.858. The van der Waals surface area contributed by atoms with Crippen molar-refractivity contribution in [3.8, 4) is 0 Å². The van der Waals surface area contributed by atoms with Crippen molar-refractivity contribution in [2.75, 3.05) is 48.0 Å². The van der Waals surface area contributed by atoms with Crippen molar-refractivity contribution < 1.29 is 8.42 Å². The number of hydrogen-bond acceptors (Lipinski definition) is 5. The fourth-order valence-electron chi connectivity index (χ4n) is 3.38. The summed E-state index contributed by atoms with van der Waals surface area (Å²) in [7, 11) is -0.901. The van der Waals surface area contributed by atoms with Crippen molar-refractivity contribution in [3.63, 3.8) is 0 Å². The maximum atomic E-state index is 11.9. The Hall–Kier alpha value is -1.27. The predicted octanol–water partition coefficient (Wildman–Crippen LogP) is 0.459. The van der Waals surface area contributed by atoms with Gasteiger partial charge in [-0.1, -0.05) is 12.1 Å². The van der Waals surface area contributed by atoms with Gasteiger partial charge >= 0.3 is 0 Å². The third-order valence-corrected chi connectivity index (χ3v) is 6.37. The maximum absolute atomic E-state index is 11.9. The fraction of sp³-hybridized carbons (Fsp3) is 0.571. The van der Waals surface area contributed by atoms with Gasteiger partial charge in [-0.05, 0) is 18.6 Å². The largest absolute Gasteiger partial charge is 0.371 e. The van der Waals surface area contributed by atoms with E-state index in [1.807, 2.05) is 12.1 Å². The molecule has 110 valence electrons. The van der Waals surface area contributed by atoms with E-state index in [0.29, 0.717) is 13.0 Å². The minimum Gasteiger partial charge on any atom is -0.371 e. The number of sulfone groups is 1. The normalized spacial score (nSPS) is 28.5. The van der Waals surface area contributed by atoms with Gasteiger partial charge in [-0.2, -0.15) is 0 Å². The summed E-state index contributed by atoms with van der Waals surface area (Å²) in [5, 5.41) is 0. The van der Waals surface area contributed by atoms with Crippen LogP contribution in [0.5, 0.6) is 0 Å². The van der Waals surface area contributed by atoms with Crippen LogP contribution in [0.15, 0.2) is 24.3 Å². The lowest BCUT2D eigenvalue weighted by molar-refractivity contribution is 0.434. The van der Waals surface area contributed by atoms with Gasteiger partial charge in [0.2, 0.25) is 0 Å². The molecule has 5 nitrogen and oxygen atoms in total. The molecular formula is C14H21N3O2S. The highest BCUT2D eigenvalue weighted by atomic mass is 32.2. The zero-order chi connectivity index (χ0) is 14.4. The van der Waals surface area contributed by atoms with Crippen molar-refractivity contribution >= 4 is 21.2 Å². The van der Waals surface area contributed by atoms with Crippen LogP contribution in [0.4, 0.5) is 11.4 Å². The number of benzene rings is 1. The first-order valence-corrected chi connectivity index (χ1v) is 8.78. The number of rotatable bonds is 2. The minimum atomic E-state index is -2.97. The van der Waals surface area contributed by atoms with E-state index >= 15 is 0 Å². The van der Waals surface area contributed by atoms with E-state index in [4.69, 9.17) is 5.73 Å². The lowest BCUT2D eigenvalue weighted by Gasteiger charge is -2.47. The SMILES string of the molecule is CN1CCN(C2(CN)CCS(=O)(=O)C2)c2ccccc21. The smallest absolute Gasteiger partial charge is 0.152 e. The van der Waals surface area contributed by atoms with E-state index in [2.05, 4.69) is 29.0 Å². The zero-order valence-electron chi connectivity index (χ0n) is 11.7. The van der Waals surface area contributed by atoms with E-state index in [9.17, 15) is 8.42 Å². The molecule has 1 atom stereocenters. The van der Waals surface area contributed by atoms with Crippen LogP contribution in [-0.2, 0) is 9.84 Å². The summed E-state index contributed by atoms with van der Waals surface area (Å²) < 4.78 is 23.9. The molecule has 0 amide bonds. The molecule has 2 heterocycles. The summed E-state index contributed by atoms with van der Waals surface area (Å²) in [5.74, 6) is 0.424. The van der Waals surface area contributed by atoms with Gasteiger partial charge < -0.3 is 15.5 Å². The molecule has 20 heavy (non-hydrogen) atoms. The average Bonchev–Trinajstić information content (AvgIpc) is 2.76. The Labute approximate surface area is 120 Å². The Kier molecular flexibility index (Phi) is 3.17. The molecule has 0 aromatic heterocycles. The van der Waals surface area contributed by atoms with E-state index in [0.717, 1.165) is 24.5 Å². The van der Waals surface area contributed by atoms with Crippen molar-refractivity contribution in [2.45, 2.75) is 12.0 Å². The van der Waals surface area contributed by atoms with Crippen LogP contribution in [0.3, 0.4) is 0 Å². The molecule has 2 aliphatic rings. The van der Waals surface area contributed by atoms with Crippen LogP contribution in [0.2, 0.25) is 0 Å². The van der Waals surface area contributed by atoms with Gasteiger partial charge in [-0.15, -0.1) is 0 Å². The molecule has 6 heteroatoms. The topological polar surface area (TPSA) is 66.6 Å². The third kappa shape index (κ3) is 2.07. The molecule has 2 aliphatic heterocycles. The lowest BCUT2D eigenvalue weighted by atomic mass is 9.94. The monoisotopic (exact) mass is 295 g/mol. The molecular weight excluding hydrogens is 274 g/mol. The van der Waals surface area contributed by atoms with Crippen LogP contribution < -0.4 is 15.5 Å². The number of anilines is 2. The number of likely N-dealkylation sites (N-methyl/N-ethyl adjacent to an activating group) is 1. The second kappa shape index (κ2) is 4.63. The Morgan fingerprint density at radius 3 is 2.55 bits per heavy atom. The number of nitrogens with zero attached hydrogens (tertiary/aromatic N) is 2. The van der Waals surface area contributed by atoms with E-state index in [1.54, 1.807) is 0 Å². The zero-order valence-corrected chi connectivity index (χ0v) is 12.6. The van der Waals surface area contributed by atoms with E-state index in [1.165, 1.54) is 0 Å². The summed E-state index contributed by atoms with van der Waals surface area (Å²) in [6.07, 6.45) is 0.629. The highest BCUT2D eigenvalue weighted by Crippen LogP contribution is 2.40. The van der Waals surface area contributed by atoms with Crippen LogP contribution in [0.25, 0.3) is 0 Å². The molecule has 0 bridgehead atoms. The summed E-state index contributed by atoms with van der Waals surface area (Å²) >= 11 is 0. The molecule has 1 aromatic rings. The summed E-state index contributed by atoms with van der Waals surface area (Å²) in [6, 6.07) is 8.15. The molecule has 3 rings (SSSR count). The van der Waals surface area contributed by atoms with Crippen molar-refractivity contribution in [3.05, 3.63) is 24.3 Å². The van der Waals surface area contributed by atoms with Gasteiger partial charge in [0.05, 0.1) is 28.4 Å². The van der Waals surface area contributed by atoms with Gasteiger partial charge in [0.1, 0.15) is 0 Å². The number of fused-ring (bicyclic) bond motifs is 1. The third-order valence-electron chi connectivity index (χ3n) is 4.56. The van der Waals surface area contributed by atoms with Crippen LogP contribution >= 0.6 is 0 Å². The number of nitrogens with two attached hydrogens (primary N) is 1. The minimum absolute atomic E-state index is 0.175. The Morgan fingerprint density at radius 2 is 1.95 bits per heavy atom. The first-order chi connectivity index (χ1) is 9.47. The Bertz CT molecular complexity index is 617. The second-order valence-corrected chi connectivity index (χ2v) is 8.02. The predicted molar refractivity (Wildman–Crippen MR) is 82.1 cm³/mol. The number of hydrogen-bond donors (Lipinski definition) is 1. The molecule has 1 aromatic carbocycles. The molecule has 1 unspecified atom stereocenters. The van der Waals surface area contributed by atoms with E-state index in [-0.39, 0.29) is 11.5 Å². The first-order valence-electron chi connectivity index (χ1n) is 6.96. The van der Waals surface area contributed by atoms with Crippen molar-refractivity contribution in [2.24, 2.45) is 5.73 Å². The summed E-state index contributed by atoms with van der Waals surface area (Å²) in [5.41, 5.74) is 7.81. The molecule has 1 saturated heterocycles. The molecule has 0 aliphatic carbocycles. The van der Waals surface area contributed by atoms with E-state index < -0.39 is 15.4 Å². The van der Waals surface area contributed by atoms with Gasteiger partial charge in [0, 0.05) is 26.7 Å². The standard InChI is InChI=1S/C14H21N3O2S/c1-16-7-8-17(13-5-3-2-4-12(13)16)14(10-15)6-9-20(18,19)11-14/h2-5H,6-11,15H2,1H3. The van der Waals surface area contributed by atoms with Crippen LogP contribution in [-0.4, -0.2) is 52.1 Å². The molecule has 2 N–H and O–H groups in total. The highest BCUT2D eigenvalue weighted by Gasteiger charge is 2.47. The summed E-state index contributed by atoms with van der Waals surface area (Å²) in [4.78, 5) is 4.44. The average molecular weight is 295 g/mol. The molecule has 0 spiro atoms. The molecule has 0 radical (unpaired) electrons. The fourth-order valence-corrected chi connectivity index (χ4v) is 5.45. The molecule has 1 fully saturated rings. The van der Waals surface area contributed by atoms with Crippen molar-refractivity contribution in [1.29, 1.82) is 0 Å². The summed E-state index contributed by atoms with van der Waals surface area (Å²) in [6.45, 7) is 2.09. The molecule has 0 saturated carbocycles. The van der Waals surface area contributed by atoms with Gasteiger partial charge in [-0.3, -0.25) is 0 Å².